The van der Waals surface area contributed by atoms with E-state index in [1.807, 2.05) is 0 Å². The summed E-state index contributed by atoms with van der Waals surface area (Å²) in [6.45, 7) is 11.4. The second kappa shape index (κ2) is 8.69. The van der Waals surface area contributed by atoms with E-state index >= 15 is 0 Å². The van der Waals surface area contributed by atoms with E-state index in [9.17, 15) is 4.79 Å². The monoisotopic (exact) mass is 279 g/mol. The van der Waals surface area contributed by atoms with Crippen molar-refractivity contribution >= 4 is 5.97 Å². The maximum absolute atomic E-state index is 11.9. The molecular weight excluding hydrogens is 252 g/mol. The number of carbonyl (C=O) groups excluding carboxylic acids is 1. The molecule has 0 amide bonds. The standard InChI is InChI=1S/C16H27N2O2/c1-4-11-18(6-3,12-5-2)13-14-20-16(19)15-7-9-17-10-8-15/h7-10H,4-6,11-14H2,1-3H3/q+1. The van der Waals surface area contributed by atoms with Crippen LogP contribution in [0.15, 0.2) is 24.5 Å². The number of hydrogen-bond acceptors (Lipinski definition) is 3. The summed E-state index contributed by atoms with van der Waals surface area (Å²) in [6, 6.07) is 3.37. The van der Waals surface area contributed by atoms with Gasteiger partial charge in [-0.1, -0.05) is 13.8 Å². The molecule has 0 aliphatic heterocycles. The van der Waals surface area contributed by atoms with Crippen LogP contribution in [0.5, 0.6) is 0 Å². The number of pyridine rings is 1. The van der Waals surface area contributed by atoms with Gasteiger partial charge in [0.2, 0.25) is 0 Å². The molecule has 0 spiro atoms. The van der Waals surface area contributed by atoms with Gasteiger partial charge in [0.15, 0.2) is 0 Å². The lowest BCUT2D eigenvalue weighted by Crippen LogP contribution is -2.51. The molecule has 0 aliphatic rings. The number of carbonyl (C=O) groups is 1. The zero-order chi connectivity index (χ0) is 14.8. The average Bonchev–Trinajstić information content (AvgIpc) is 2.48. The van der Waals surface area contributed by atoms with Crippen LogP contribution in [-0.4, -0.2) is 48.2 Å². The summed E-state index contributed by atoms with van der Waals surface area (Å²) in [7, 11) is 0. The highest BCUT2D eigenvalue weighted by Gasteiger charge is 2.23. The fourth-order valence-electron chi connectivity index (χ4n) is 2.66. The molecule has 4 nitrogen and oxygen atoms in total. The summed E-state index contributed by atoms with van der Waals surface area (Å²) >= 11 is 0. The zero-order valence-electron chi connectivity index (χ0n) is 13.0. The molecule has 0 atom stereocenters. The number of nitrogens with zero attached hydrogens (tertiary/aromatic N) is 2. The topological polar surface area (TPSA) is 39.2 Å². The second-order valence-corrected chi connectivity index (χ2v) is 5.20. The Morgan fingerprint density at radius 2 is 1.70 bits per heavy atom. The minimum absolute atomic E-state index is 0.255. The third kappa shape index (κ3) is 4.93. The molecule has 0 unspecified atom stereocenters. The summed E-state index contributed by atoms with van der Waals surface area (Å²) in [6.07, 6.45) is 5.53. The largest absolute Gasteiger partial charge is 0.456 e. The van der Waals surface area contributed by atoms with E-state index in [4.69, 9.17) is 4.74 Å². The van der Waals surface area contributed by atoms with Crippen molar-refractivity contribution in [1.29, 1.82) is 0 Å². The molecule has 0 saturated heterocycles. The molecule has 0 aliphatic carbocycles. The van der Waals surface area contributed by atoms with Gasteiger partial charge in [-0.3, -0.25) is 4.98 Å². The lowest BCUT2D eigenvalue weighted by Gasteiger charge is -2.37. The highest BCUT2D eigenvalue weighted by atomic mass is 16.5. The Hall–Kier alpha value is -1.42. The summed E-state index contributed by atoms with van der Waals surface area (Å²) in [4.78, 5) is 15.8. The van der Waals surface area contributed by atoms with E-state index in [0.717, 1.165) is 43.5 Å². The minimum atomic E-state index is -0.255. The van der Waals surface area contributed by atoms with E-state index in [-0.39, 0.29) is 5.97 Å². The lowest BCUT2D eigenvalue weighted by molar-refractivity contribution is -0.926. The maximum Gasteiger partial charge on any atom is 0.338 e. The Morgan fingerprint density at radius 3 is 2.20 bits per heavy atom. The summed E-state index contributed by atoms with van der Waals surface area (Å²) in [5.74, 6) is -0.255. The number of ether oxygens (including phenoxy) is 1. The predicted molar refractivity (Wildman–Crippen MR) is 80.5 cm³/mol. The number of esters is 1. The van der Waals surface area contributed by atoms with E-state index in [1.165, 1.54) is 0 Å². The van der Waals surface area contributed by atoms with Crippen molar-refractivity contribution in [2.45, 2.75) is 33.6 Å². The first-order valence-corrected chi connectivity index (χ1v) is 7.59. The molecule has 0 aromatic carbocycles. The Balaban J connectivity index is 2.50. The van der Waals surface area contributed by atoms with Gasteiger partial charge >= 0.3 is 5.97 Å². The van der Waals surface area contributed by atoms with Crippen LogP contribution in [0.4, 0.5) is 0 Å². The molecule has 0 radical (unpaired) electrons. The highest BCUT2D eigenvalue weighted by molar-refractivity contribution is 5.89. The minimum Gasteiger partial charge on any atom is -0.456 e. The van der Waals surface area contributed by atoms with Crippen molar-refractivity contribution in [1.82, 2.24) is 4.98 Å². The third-order valence-electron chi connectivity index (χ3n) is 3.78. The Morgan fingerprint density at radius 1 is 1.10 bits per heavy atom. The maximum atomic E-state index is 11.9. The van der Waals surface area contributed by atoms with E-state index in [2.05, 4.69) is 25.8 Å². The van der Waals surface area contributed by atoms with Gasteiger partial charge in [0.05, 0.1) is 25.2 Å². The van der Waals surface area contributed by atoms with Gasteiger partial charge in [-0.2, -0.15) is 0 Å². The number of quaternary nitrogens is 1. The number of hydrogen-bond donors (Lipinski definition) is 0. The van der Waals surface area contributed by atoms with Crippen LogP contribution < -0.4 is 0 Å². The fraction of sp³-hybridized carbons (Fsp3) is 0.625. The fourth-order valence-corrected chi connectivity index (χ4v) is 2.66. The van der Waals surface area contributed by atoms with Crippen LogP contribution >= 0.6 is 0 Å². The first kappa shape index (κ1) is 16.6. The molecule has 0 fully saturated rings. The van der Waals surface area contributed by atoms with Gasteiger partial charge in [-0.05, 0) is 31.9 Å². The van der Waals surface area contributed by atoms with Gasteiger partial charge < -0.3 is 9.22 Å². The molecule has 0 saturated carbocycles. The molecule has 0 bridgehead atoms. The van der Waals surface area contributed by atoms with Crippen molar-refractivity contribution in [3.05, 3.63) is 30.1 Å². The molecular formula is C16H27N2O2+. The smallest absolute Gasteiger partial charge is 0.338 e. The van der Waals surface area contributed by atoms with Crippen molar-refractivity contribution in [3.8, 4) is 0 Å². The second-order valence-electron chi connectivity index (χ2n) is 5.20. The summed E-state index contributed by atoms with van der Waals surface area (Å²) < 4.78 is 6.43. The third-order valence-corrected chi connectivity index (χ3v) is 3.78. The SMILES string of the molecule is CCC[N+](CC)(CCC)CCOC(=O)c1ccncc1. The summed E-state index contributed by atoms with van der Waals surface area (Å²) in [5.41, 5.74) is 0.570. The van der Waals surface area contributed by atoms with E-state index < -0.39 is 0 Å². The van der Waals surface area contributed by atoms with Gasteiger partial charge in [-0.15, -0.1) is 0 Å². The van der Waals surface area contributed by atoms with Crippen molar-refractivity contribution in [2.75, 3.05) is 32.8 Å². The van der Waals surface area contributed by atoms with Crippen molar-refractivity contribution in [2.24, 2.45) is 0 Å². The normalized spacial score (nSPS) is 11.3. The summed E-state index contributed by atoms with van der Waals surface area (Å²) in [5, 5.41) is 0. The Kier molecular flexibility index (Phi) is 7.23. The quantitative estimate of drug-likeness (QED) is 0.515. The van der Waals surface area contributed by atoms with Crippen molar-refractivity contribution in [3.63, 3.8) is 0 Å². The molecule has 0 N–H and O–H groups in total. The molecule has 1 aromatic heterocycles. The average molecular weight is 279 g/mol. The highest BCUT2D eigenvalue weighted by Crippen LogP contribution is 2.10. The van der Waals surface area contributed by atoms with Gasteiger partial charge in [-0.25, -0.2) is 4.79 Å². The number of aromatic nitrogens is 1. The van der Waals surface area contributed by atoms with E-state index in [1.54, 1.807) is 24.5 Å². The van der Waals surface area contributed by atoms with Crippen LogP contribution in [0.2, 0.25) is 0 Å². The lowest BCUT2D eigenvalue weighted by atomic mass is 10.2. The van der Waals surface area contributed by atoms with Crippen LogP contribution in [0.3, 0.4) is 0 Å². The molecule has 1 heterocycles. The molecule has 4 heteroatoms. The predicted octanol–water partition coefficient (Wildman–Crippen LogP) is 2.90. The number of rotatable bonds is 9. The molecule has 1 aromatic rings. The first-order chi connectivity index (χ1) is 9.67. The van der Waals surface area contributed by atoms with E-state index in [0.29, 0.717) is 12.2 Å². The van der Waals surface area contributed by atoms with Gasteiger partial charge in [0.25, 0.3) is 0 Å². The zero-order valence-corrected chi connectivity index (χ0v) is 13.0. The Bertz CT molecular complexity index is 387. The van der Waals surface area contributed by atoms with Crippen LogP contribution in [-0.2, 0) is 4.74 Å². The van der Waals surface area contributed by atoms with Crippen LogP contribution in [0.1, 0.15) is 44.0 Å². The van der Waals surface area contributed by atoms with Crippen LogP contribution in [0.25, 0.3) is 0 Å². The van der Waals surface area contributed by atoms with Crippen LogP contribution in [0, 0.1) is 0 Å². The molecule has 112 valence electrons. The number of likely N-dealkylation sites (N-methyl/N-ethyl adjacent to an activating group) is 1. The molecule has 20 heavy (non-hydrogen) atoms. The first-order valence-electron chi connectivity index (χ1n) is 7.59. The van der Waals surface area contributed by atoms with Crippen molar-refractivity contribution < 1.29 is 14.0 Å². The molecule has 1 rings (SSSR count). The van der Waals surface area contributed by atoms with Gasteiger partial charge in [0.1, 0.15) is 13.2 Å². The van der Waals surface area contributed by atoms with Gasteiger partial charge in [0, 0.05) is 12.4 Å². The Labute approximate surface area is 122 Å².